The van der Waals surface area contributed by atoms with E-state index >= 15 is 0 Å². The van der Waals surface area contributed by atoms with E-state index in [4.69, 9.17) is 20.6 Å². The highest BCUT2D eigenvalue weighted by Gasteiger charge is 2.15. The summed E-state index contributed by atoms with van der Waals surface area (Å²) in [5, 5.41) is 8.61. The van der Waals surface area contributed by atoms with Gasteiger partial charge in [0.05, 0.1) is 6.16 Å². The summed E-state index contributed by atoms with van der Waals surface area (Å²) < 4.78 is 10.6. The highest BCUT2D eigenvalue weighted by atomic mass is 31.2. The van der Waals surface area contributed by atoms with Gasteiger partial charge in [-0.25, -0.2) is 0 Å². The van der Waals surface area contributed by atoms with Gasteiger partial charge in [-0.05, 0) is 13.3 Å². The monoisotopic (exact) mass is 209 g/mol. The van der Waals surface area contributed by atoms with Crippen molar-refractivity contribution in [2.24, 2.45) is 5.73 Å². The first kappa shape index (κ1) is 12.8. The SMILES string of the molecule is CC(N)C=C(CCO)CP(=O)(O)O. The average Bonchev–Trinajstić information content (AvgIpc) is 1.81. The van der Waals surface area contributed by atoms with E-state index < -0.39 is 7.60 Å². The van der Waals surface area contributed by atoms with Crippen molar-refractivity contribution in [2.75, 3.05) is 12.8 Å². The molecule has 6 heteroatoms. The molecule has 0 fully saturated rings. The zero-order valence-electron chi connectivity index (χ0n) is 7.55. The molecule has 0 aromatic heterocycles. The molecular weight excluding hydrogens is 193 g/mol. The van der Waals surface area contributed by atoms with Crippen molar-refractivity contribution < 1.29 is 19.5 Å². The Bertz CT molecular complexity index is 221. The van der Waals surface area contributed by atoms with Crippen molar-refractivity contribution in [3.63, 3.8) is 0 Å². The largest absolute Gasteiger partial charge is 0.396 e. The van der Waals surface area contributed by atoms with Gasteiger partial charge in [0.15, 0.2) is 0 Å². The minimum atomic E-state index is -4.04. The maximum Gasteiger partial charge on any atom is 0.329 e. The fraction of sp³-hybridized carbons (Fsp3) is 0.714. The van der Waals surface area contributed by atoms with E-state index in [0.717, 1.165) is 0 Å². The van der Waals surface area contributed by atoms with Gasteiger partial charge in [0.1, 0.15) is 0 Å². The summed E-state index contributed by atoms with van der Waals surface area (Å²) in [5.74, 6) is 0. The lowest BCUT2D eigenvalue weighted by molar-refractivity contribution is 0.298. The molecule has 0 aliphatic rings. The molecule has 0 saturated carbocycles. The van der Waals surface area contributed by atoms with E-state index in [9.17, 15) is 4.57 Å². The molecule has 0 heterocycles. The molecule has 0 bridgehead atoms. The second-order valence-electron chi connectivity index (χ2n) is 2.98. The predicted octanol–water partition coefficient (Wildman–Crippen LogP) is -0.180. The van der Waals surface area contributed by atoms with Crippen molar-refractivity contribution in [2.45, 2.75) is 19.4 Å². The van der Waals surface area contributed by atoms with Crippen LogP contribution in [-0.2, 0) is 4.57 Å². The van der Waals surface area contributed by atoms with Crippen molar-refractivity contribution in [1.82, 2.24) is 0 Å². The average molecular weight is 209 g/mol. The Morgan fingerprint density at radius 3 is 2.46 bits per heavy atom. The quantitative estimate of drug-likeness (QED) is 0.371. The van der Waals surface area contributed by atoms with Gasteiger partial charge in [0.2, 0.25) is 0 Å². The Balaban J connectivity index is 4.35. The molecule has 0 spiro atoms. The zero-order valence-corrected chi connectivity index (χ0v) is 8.44. The Hall–Kier alpha value is -0.190. The molecule has 0 aromatic carbocycles. The predicted molar refractivity (Wildman–Crippen MR) is 50.3 cm³/mol. The molecule has 13 heavy (non-hydrogen) atoms. The van der Waals surface area contributed by atoms with Gasteiger partial charge in [0.25, 0.3) is 0 Å². The van der Waals surface area contributed by atoms with Gasteiger partial charge < -0.3 is 20.6 Å². The van der Waals surface area contributed by atoms with E-state index in [1.54, 1.807) is 13.0 Å². The van der Waals surface area contributed by atoms with Crippen LogP contribution in [0.1, 0.15) is 13.3 Å². The van der Waals surface area contributed by atoms with Crippen LogP contribution in [0.3, 0.4) is 0 Å². The van der Waals surface area contributed by atoms with E-state index in [0.29, 0.717) is 5.57 Å². The van der Waals surface area contributed by atoms with Crippen molar-refractivity contribution in [1.29, 1.82) is 0 Å². The third kappa shape index (κ3) is 8.15. The van der Waals surface area contributed by atoms with Crippen LogP contribution in [0.25, 0.3) is 0 Å². The number of aliphatic hydroxyl groups excluding tert-OH is 1. The second-order valence-corrected chi connectivity index (χ2v) is 4.63. The van der Waals surface area contributed by atoms with Crippen molar-refractivity contribution in [3.8, 4) is 0 Å². The van der Waals surface area contributed by atoms with Crippen LogP contribution in [0, 0.1) is 0 Å². The third-order valence-corrected chi connectivity index (χ3v) is 2.16. The molecule has 0 aliphatic heterocycles. The number of rotatable bonds is 5. The van der Waals surface area contributed by atoms with E-state index in [1.165, 1.54) is 0 Å². The molecule has 5 N–H and O–H groups in total. The molecule has 0 amide bonds. The van der Waals surface area contributed by atoms with Crippen LogP contribution in [-0.4, -0.2) is 33.7 Å². The lowest BCUT2D eigenvalue weighted by atomic mass is 10.1. The van der Waals surface area contributed by atoms with E-state index in [-0.39, 0.29) is 25.2 Å². The standard InChI is InChI=1S/C7H16NO4P/c1-6(8)4-7(2-3-9)5-13(10,11)12/h4,6,9H,2-3,5,8H2,1H3,(H2,10,11,12). The molecule has 0 radical (unpaired) electrons. The Morgan fingerprint density at radius 2 is 2.15 bits per heavy atom. The maximum atomic E-state index is 10.6. The Labute approximate surface area is 77.4 Å². The van der Waals surface area contributed by atoms with Gasteiger partial charge >= 0.3 is 7.60 Å². The minimum Gasteiger partial charge on any atom is -0.396 e. The van der Waals surface area contributed by atoms with Gasteiger partial charge in [-0.15, -0.1) is 0 Å². The summed E-state index contributed by atoms with van der Waals surface area (Å²) in [4.78, 5) is 17.4. The molecule has 0 saturated heterocycles. The fourth-order valence-corrected chi connectivity index (χ4v) is 1.79. The Morgan fingerprint density at radius 1 is 1.62 bits per heavy atom. The zero-order chi connectivity index (χ0) is 10.5. The first-order chi connectivity index (χ1) is 5.85. The lowest BCUT2D eigenvalue weighted by Gasteiger charge is -2.08. The summed E-state index contributed by atoms with van der Waals surface area (Å²) in [6.07, 6.45) is 1.50. The first-order valence-electron chi connectivity index (χ1n) is 3.95. The molecule has 0 aromatic rings. The molecule has 78 valence electrons. The molecule has 0 aliphatic carbocycles. The van der Waals surface area contributed by atoms with E-state index in [1.807, 2.05) is 0 Å². The Kier molecular flexibility index (Phi) is 5.44. The number of hydrogen-bond acceptors (Lipinski definition) is 3. The van der Waals surface area contributed by atoms with Crippen LogP contribution in [0.4, 0.5) is 0 Å². The number of aliphatic hydroxyl groups is 1. The van der Waals surface area contributed by atoms with Crippen LogP contribution in [0.2, 0.25) is 0 Å². The minimum absolute atomic E-state index is 0.126. The number of hydrogen-bond donors (Lipinski definition) is 4. The second kappa shape index (κ2) is 5.52. The smallest absolute Gasteiger partial charge is 0.329 e. The van der Waals surface area contributed by atoms with Crippen LogP contribution >= 0.6 is 7.60 Å². The highest BCUT2D eigenvalue weighted by Crippen LogP contribution is 2.37. The summed E-state index contributed by atoms with van der Waals surface area (Å²) in [7, 11) is -4.04. The molecule has 1 unspecified atom stereocenters. The summed E-state index contributed by atoms with van der Waals surface area (Å²) >= 11 is 0. The van der Waals surface area contributed by atoms with Crippen molar-refractivity contribution in [3.05, 3.63) is 11.6 Å². The van der Waals surface area contributed by atoms with Gasteiger partial charge in [-0.1, -0.05) is 11.6 Å². The molecule has 0 rings (SSSR count). The summed E-state index contributed by atoms with van der Waals surface area (Å²) in [6.45, 7) is 1.58. The van der Waals surface area contributed by atoms with E-state index in [2.05, 4.69) is 0 Å². The fourth-order valence-electron chi connectivity index (χ4n) is 0.995. The van der Waals surface area contributed by atoms with Gasteiger partial charge in [0, 0.05) is 12.6 Å². The summed E-state index contributed by atoms with van der Waals surface area (Å²) in [6, 6.07) is -0.256. The lowest BCUT2D eigenvalue weighted by Crippen LogP contribution is -2.13. The third-order valence-electron chi connectivity index (χ3n) is 1.34. The van der Waals surface area contributed by atoms with Gasteiger partial charge in [-0.3, -0.25) is 4.57 Å². The molecule has 1 atom stereocenters. The highest BCUT2D eigenvalue weighted by molar-refractivity contribution is 7.52. The normalized spacial score (nSPS) is 15.9. The molecular formula is C7H16NO4P. The van der Waals surface area contributed by atoms with Gasteiger partial charge in [-0.2, -0.15) is 0 Å². The molecule has 5 nitrogen and oxygen atoms in total. The topological polar surface area (TPSA) is 104 Å². The van der Waals surface area contributed by atoms with Crippen LogP contribution < -0.4 is 5.73 Å². The first-order valence-corrected chi connectivity index (χ1v) is 5.75. The van der Waals surface area contributed by atoms with Crippen LogP contribution in [0.15, 0.2) is 11.6 Å². The van der Waals surface area contributed by atoms with Crippen molar-refractivity contribution >= 4 is 7.60 Å². The maximum absolute atomic E-state index is 10.6. The summed E-state index contributed by atoms with van der Waals surface area (Å²) in [5.41, 5.74) is 5.94. The van der Waals surface area contributed by atoms with Crippen LogP contribution in [0.5, 0.6) is 0 Å². The number of nitrogens with two attached hydrogens (primary N) is 1.